The van der Waals surface area contributed by atoms with Crippen LogP contribution in [-0.2, 0) is 13.1 Å². The Kier molecular flexibility index (Phi) is 5.14. The molecule has 1 fully saturated rings. The number of nitrogens with one attached hydrogen (secondary N) is 1. The van der Waals surface area contributed by atoms with Crippen LogP contribution < -0.4 is 5.32 Å². The highest BCUT2D eigenvalue weighted by atomic mass is 15.2. The minimum absolute atomic E-state index is 0.706. The molecule has 1 saturated heterocycles. The van der Waals surface area contributed by atoms with Crippen LogP contribution in [0.25, 0.3) is 0 Å². The van der Waals surface area contributed by atoms with Crippen molar-refractivity contribution in [3.63, 3.8) is 0 Å². The third-order valence-electron chi connectivity index (χ3n) is 3.73. The molecule has 2 heterocycles. The van der Waals surface area contributed by atoms with Gasteiger partial charge in [0.05, 0.1) is 11.4 Å². The number of hydrogen-bond acceptors (Lipinski definition) is 3. The average molecular weight is 247 g/mol. The van der Waals surface area contributed by atoms with E-state index >= 15 is 0 Å². The third kappa shape index (κ3) is 3.79. The number of aromatic nitrogens is 1. The van der Waals surface area contributed by atoms with Gasteiger partial charge in [-0.2, -0.15) is 0 Å². The van der Waals surface area contributed by atoms with E-state index in [1.54, 1.807) is 0 Å². The van der Waals surface area contributed by atoms with Gasteiger partial charge in [0.2, 0.25) is 0 Å². The number of likely N-dealkylation sites (tertiary alicyclic amines) is 1. The molecule has 3 heteroatoms. The summed E-state index contributed by atoms with van der Waals surface area (Å²) in [7, 11) is 0. The molecule has 1 aliphatic heterocycles. The van der Waals surface area contributed by atoms with Crippen molar-refractivity contribution >= 4 is 0 Å². The van der Waals surface area contributed by atoms with E-state index in [9.17, 15) is 0 Å². The highest BCUT2D eigenvalue weighted by molar-refractivity contribution is 5.11. The maximum absolute atomic E-state index is 4.73. The van der Waals surface area contributed by atoms with E-state index in [4.69, 9.17) is 4.98 Å². The van der Waals surface area contributed by atoms with Crippen LogP contribution in [0.15, 0.2) is 18.2 Å². The van der Waals surface area contributed by atoms with Crippen molar-refractivity contribution in [2.45, 2.75) is 52.2 Å². The van der Waals surface area contributed by atoms with Gasteiger partial charge in [-0.15, -0.1) is 0 Å². The second-order valence-electron chi connectivity index (χ2n) is 5.22. The summed E-state index contributed by atoms with van der Waals surface area (Å²) in [5.74, 6) is 0. The molecule has 1 aromatic heterocycles. The van der Waals surface area contributed by atoms with E-state index in [0.717, 1.165) is 25.3 Å². The molecule has 1 atom stereocenters. The van der Waals surface area contributed by atoms with Crippen molar-refractivity contribution in [2.24, 2.45) is 0 Å². The number of pyridine rings is 1. The molecule has 0 amide bonds. The van der Waals surface area contributed by atoms with Gasteiger partial charge in [-0.05, 0) is 45.0 Å². The Labute approximate surface area is 111 Å². The molecule has 0 bridgehead atoms. The van der Waals surface area contributed by atoms with Crippen LogP contribution in [0.1, 0.15) is 44.5 Å². The lowest BCUT2D eigenvalue weighted by Gasteiger charge is -2.33. The molecule has 2 rings (SSSR count). The molecule has 100 valence electrons. The van der Waals surface area contributed by atoms with Gasteiger partial charge in [0, 0.05) is 19.1 Å². The zero-order valence-corrected chi connectivity index (χ0v) is 11.7. The van der Waals surface area contributed by atoms with Crippen molar-refractivity contribution in [2.75, 3.05) is 13.1 Å². The maximum Gasteiger partial charge on any atom is 0.0547 e. The Morgan fingerprint density at radius 3 is 2.94 bits per heavy atom. The summed E-state index contributed by atoms with van der Waals surface area (Å²) in [4.78, 5) is 7.29. The van der Waals surface area contributed by atoms with Crippen molar-refractivity contribution in [3.8, 4) is 0 Å². The van der Waals surface area contributed by atoms with Crippen LogP contribution in [0.5, 0.6) is 0 Å². The molecule has 0 saturated carbocycles. The monoisotopic (exact) mass is 247 g/mol. The van der Waals surface area contributed by atoms with Crippen LogP contribution in [0, 0.1) is 0 Å². The fraction of sp³-hybridized carbons (Fsp3) is 0.667. The number of rotatable bonds is 5. The minimum Gasteiger partial charge on any atom is -0.311 e. The first-order valence-corrected chi connectivity index (χ1v) is 7.19. The number of piperidine rings is 1. The van der Waals surface area contributed by atoms with Gasteiger partial charge in [-0.1, -0.05) is 19.4 Å². The molecule has 0 aromatic carbocycles. The van der Waals surface area contributed by atoms with E-state index in [1.165, 1.54) is 31.5 Å². The van der Waals surface area contributed by atoms with Crippen LogP contribution in [0.2, 0.25) is 0 Å². The molecule has 1 N–H and O–H groups in total. The summed E-state index contributed by atoms with van der Waals surface area (Å²) >= 11 is 0. The van der Waals surface area contributed by atoms with Gasteiger partial charge in [0.1, 0.15) is 0 Å². The Hall–Kier alpha value is -0.930. The Morgan fingerprint density at radius 1 is 1.33 bits per heavy atom. The van der Waals surface area contributed by atoms with Crippen molar-refractivity contribution in [3.05, 3.63) is 29.6 Å². The van der Waals surface area contributed by atoms with E-state index in [0.29, 0.717) is 6.04 Å². The smallest absolute Gasteiger partial charge is 0.0547 e. The summed E-state index contributed by atoms with van der Waals surface area (Å²) in [5.41, 5.74) is 2.36. The SMILES string of the molecule is CCNCc1cccc(CN2CCCCC2C)n1. The molecule has 1 unspecified atom stereocenters. The number of hydrogen-bond donors (Lipinski definition) is 1. The van der Waals surface area contributed by atoms with Crippen LogP contribution >= 0.6 is 0 Å². The van der Waals surface area contributed by atoms with Crippen LogP contribution in [0.3, 0.4) is 0 Å². The summed E-state index contributed by atoms with van der Waals surface area (Å²) in [5, 5.41) is 3.33. The van der Waals surface area contributed by atoms with E-state index in [2.05, 4.69) is 42.3 Å². The average Bonchev–Trinajstić information content (AvgIpc) is 2.40. The van der Waals surface area contributed by atoms with E-state index in [1.807, 2.05) is 0 Å². The van der Waals surface area contributed by atoms with Crippen molar-refractivity contribution in [1.82, 2.24) is 15.2 Å². The lowest BCUT2D eigenvalue weighted by Crippen LogP contribution is -2.37. The van der Waals surface area contributed by atoms with Gasteiger partial charge in [-0.25, -0.2) is 0 Å². The molecular formula is C15H25N3. The molecule has 18 heavy (non-hydrogen) atoms. The molecule has 0 aliphatic carbocycles. The second-order valence-corrected chi connectivity index (χ2v) is 5.22. The topological polar surface area (TPSA) is 28.2 Å². The van der Waals surface area contributed by atoms with Gasteiger partial charge in [0.15, 0.2) is 0 Å². The lowest BCUT2D eigenvalue weighted by atomic mass is 10.0. The molecule has 0 spiro atoms. The lowest BCUT2D eigenvalue weighted by molar-refractivity contribution is 0.151. The molecule has 3 nitrogen and oxygen atoms in total. The van der Waals surface area contributed by atoms with Crippen LogP contribution in [-0.4, -0.2) is 29.0 Å². The minimum atomic E-state index is 0.706. The summed E-state index contributed by atoms with van der Waals surface area (Å²) in [6.07, 6.45) is 4.05. The first-order chi connectivity index (χ1) is 8.79. The fourth-order valence-corrected chi connectivity index (χ4v) is 2.57. The van der Waals surface area contributed by atoms with Crippen molar-refractivity contribution in [1.29, 1.82) is 0 Å². The Bertz CT molecular complexity index is 365. The van der Waals surface area contributed by atoms with Gasteiger partial charge in [-0.3, -0.25) is 9.88 Å². The predicted molar refractivity (Wildman–Crippen MR) is 75.3 cm³/mol. The summed E-state index contributed by atoms with van der Waals surface area (Å²) < 4.78 is 0. The van der Waals surface area contributed by atoms with E-state index in [-0.39, 0.29) is 0 Å². The zero-order chi connectivity index (χ0) is 12.8. The molecule has 0 radical (unpaired) electrons. The van der Waals surface area contributed by atoms with Gasteiger partial charge in [0.25, 0.3) is 0 Å². The first-order valence-electron chi connectivity index (χ1n) is 7.19. The standard InChI is InChI=1S/C15H25N3/c1-3-16-11-14-8-6-9-15(17-14)12-18-10-5-4-7-13(18)2/h6,8-9,13,16H,3-5,7,10-12H2,1-2H3. The third-order valence-corrected chi connectivity index (χ3v) is 3.73. The maximum atomic E-state index is 4.73. The molecular weight excluding hydrogens is 222 g/mol. The first kappa shape index (κ1) is 13.5. The normalized spacial score (nSPS) is 21.1. The fourth-order valence-electron chi connectivity index (χ4n) is 2.57. The summed E-state index contributed by atoms with van der Waals surface area (Å²) in [6, 6.07) is 7.09. The summed E-state index contributed by atoms with van der Waals surface area (Å²) in [6.45, 7) is 8.55. The highest BCUT2D eigenvalue weighted by Gasteiger charge is 2.18. The highest BCUT2D eigenvalue weighted by Crippen LogP contribution is 2.18. The Morgan fingerprint density at radius 2 is 2.17 bits per heavy atom. The number of nitrogens with zero attached hydrogens (tertiary/aromatic N) is 2. The predicted octanol–water partition coefficient (Wildman–Crippen LogP) is 2.57. The molecule has 1 aromatic rings. The van der Waals surface area contributed by atoms with Crippen LogP contribution in [0.4, 0.5) is 0 Å². The van der Waals surface area contributed by atoms with Gasteiger partial charge < -0.3 is 5.32 Å². The molecule has 1 aliphatic rings. The largest absolute Gasteiger partial charge is 0.311 e. The van der Waals surface area contributed by atoms with E-state index < -0.39 is 0 Å². The quantitative estimate of drug-likeness (QED) is 0.867. The second kappa shape index (κ2) is 6.86. The van der Waals surface area contributed by atoms with Gasteiger partial charge >= 0.3 is 0 Å². The Balaban J connectivity index is 1.95. The zero-order valence-electron chi connectivity index (χ0n) is 11.7. The van der Waals surface area contributed by atoms with Crippen molar-refractivity contribution < 1.29 is 0 Å².